The lowest BCUT2D eigenvalue weighted by molar-refractivity contribution is 0.468. The Hall–Kier alpha value is -1.49. The van der Waals surface area contributed by atoms with Crippen LogP contribution in [-0.4, -0.2) is 5.11 Å². The topological polar surface area (TPSA) is 44.0 Å². The molecule has 12 heavy (non-hydrogen) atoms. The Morgan fingerprint density at radius 2 is 2.17 bits per heavy atom. The van der Waals surface area contributed by atoms with E-state index in [1.807, 2.05) is 12.1 Å². The third kappa shape index (κ3) is 1.14. The van der Waals surface area contributed by atoms with E-state index in [4.69, 9.17) is 5.26 Å². The van der Waals surface area contributed by atoms with Gasteiger partial charge in [-0.25, -0.2) is 0 Å². The van der Waals surface area contributed by atoms with E-state index in [1.54, 1.807) is 6.07 Å². The van der Waals surface area contributed by atoms with Gasteiger partial charge in [0.05, 0.1) is 11.6 Å². The Bertz CT molecular complexity index is 347. The summed E-state index contributed by atoms with van der Waals surface area (Å²) in [4.78, 5) is 0. The molecule has 0 unspecified atom stereocenters. The Morgan fingerprint density at radius 1 is 1.42 bits per heavy atom. The van der Waals surface area contributed by atoms with Crippen LogP contribution in [0.1, 0.15) is 29.9 Å². The number of hydrogen-bond acceptors (Lipinski definition) is 2. The Labute approximate surface area is 71.1 Å². The molecular formula is C10H9NO. The first-order valence-electron chi connectivity index (χ1n) is 4.04. The maximum atomic E-state index is 9.48. The maximum absolute atomic E-state index is 9.48. The second kappa shape index (κ2) is 2.53. The zero-order chi connectivity index (χ0) is 8.55. The number of phenols is 1. The highest BCUT2D eigenvalue weighted by Gasteiger charge is 2.25. The number of hydrogen-bond donors (Lipinski definition) is 1. The molecule has 0 saturated heterocycles. The van der Waals surface area contributed by atoms with Crippen molar-refractivity contribution in [2.24, 2.45) is 0 Å². The van der Waals surface area contributed by atoms with Crippen molar-refractivity contribution in [1.29, 1.82) is 5.26 Å². The number of nitriles is 1. The molecule has 2 rings (SSSR count). The number of phenolic OH excluding ortho intramolecular Hbond substituents is 1. The summed E-state index contributed by atoms with van der Waals surface area (Å²) in [6.07, 6.45) is 2.33. The number of nitrogens with zero attached hydrogens (tertiary/aromatic N) is 1. The SMILES string of the molecule is N#Cc1ccc(C2CC2)c(O)c1. The molecule has 2 heteroatoms. The van der Waals surface area contributed by atoms with E-state index in [9.17, 15) is 5.11 Å². The van der Waals surface area contributed by atoms with Gasteiger partial charge >= 0.3 is 0 Å². The van der Waals surface area contributed by atoms with Crippen LogP contribution in [0.25, 0.3) is 0 Å². The van der Waals surface area contributed by atoms with Gasteiger partial charge in [0.15, 0.2) is 0 Å². The highest BCUT2D eigenvalue weighted by Crippen LogP contribution is 2.43. The van der Waals surface area contributed by atoms with Crippen molar-refractivity contribution in [2.75, 3.05) is 0 Å². The zero-order valence-electron chi connectivity index (χ0n) is 6.62. The highest BCUT2D eigenvalue weighted by molar-refractivity contribution is 5.44. The van der Waals surface area contributed by atoms with Crippen LogP contribution in [0.3, 0.4) is 0 Å². The minimum absolute atomic E-state index is 0.275. The molecule has 0 heterocycles. The summed E-state index contributed by atoms with van der Waals surface area (Å²) in [5, 5.41) is 18.0. The van der Waals surface area contributed by atoms with E-state index >= 15 is 0 Å². The van der Waals surface area contributed by atoms with Gasteiger partial charge in [0.1, 0.15) is 5.75 Å². The largest absolute Gasteiger partial charge is 0.508 e. The van der Waals surface area contributed by atoms with Gasteiger partial charge in [-0.2, -0.15) is 5.26 Å². The van der Waals surface area contributed by atoms with Crippen LogP contribution < -0.4 is 0 Å². The van der Waals surface area contributed by atoms with Crippen LogP contribution in [0.15, 0.2) is 18.2 Å². The summed E-state index contributed by atoms with van der Waals surface area (Å²) in [5.74, 6) is 0.814. The van der Waals surface area contributed by atoms with E-state index in [0.29, 0.717) is 11.5 Å². The van der Waals surface area contributed by atoms with E-state index in [1.165, 1.54) is 18.9 Å². The molecule has 1 aromatic carbocycles. The van der Waals surface area contributed by atoms with Crippen molar-refractivity contribution in [3.8, 4) is 11.8 Å². The molecule has 0 radical (unpaired) electrons. The molecule has 1 aliphatic carbocycles. The Kier molecular flexibility index (Phi) is 1.51. The number of rotatable bonds is 1. The quantitative estimate of drug-likeness (QED) is 0.682. The van der Waals surface area contributed by atoms with Crippen LogP contribution >= 0.6 is 0 Å². The van der Waals surface area contributed by atoms with Crippen LogP contribution in [-0.2, 0) is 0 Å². The summed E-state index contributed by atoms with van der Waals surface area (Å²) in [7, 11) is 0. The molecule has 0 bridgehead atoms. The predicted octanol–water partition coefficient (Wildman–Crippen LogP) is 2.14. The van der Waals surface area contributed by atoms with E-state index in [-0.39, 0.29) is 5.75 Å². The van der Waals surface area contributed by atoms with E-state index in [0.717, 1.165) is 5.56 Å². The minimum atomic E-state index is 0.275. The molecule has 2 nitrogen and oxygen atoms in total. The van der Waals surface area contributed by atoms with Crippen LogP contribution in [0.4, 0.5) is 0 Å². The smallest absolute Gasteiger partial charge is 0.120 e. The van der Waals surface area contributed by atoms with Gasteiger partial charge < -0.3 is 5.11 Å². The molecule has 1 aliphatic rings. The molecule has 0 amide bonds. The molecule has 1 N–H and O–H groups in total. The van der Waals surface area contributed by atoms with Crippen molar-refractivity contribution < 1.29 is 5.11 Å². The molecule has 0 aromatic heterocycles. The molecular weight excluding hydrogens is 150 g/mol. The second-order valence-electron chi connectivity index (χ2n) is 3.16. The third-order valence-electron chi connectivity index (χ3n) is 2.18. The number of benzene rings is 1. The van der Waals surface area contributed by atoms with Crippen molar-refractivity contribution in [1.82, 2.24) is 0 Å². The molecule has 1 fully saturated rings. The predicted molar refractivity (Wildman–Crippen MR) is 44.8 cm³/mol. The first-order chi connectivity index (χ1) is 5.81. The van der Waals surface area contributed by atoms with Crippen molar-refractivity contribution in [3.63, 3.8) is 0 Å². The number of aromatic hydroxyl groups is 1. The molecule has 1 saturated carbocycles. The highest BCUT2D eigenvalue weighted by atomic mass is 16.3. The summed E-state index contributed by atoms with van der Waals surface area (Å²) in [6, 6.07) is 7.14. The molecule has 0 aliphatic heterocycles. The lowest BCUT2D eigenvalue weighted by Crippen LogP contribution is -1.82. The normalized spacial score (nSPS) is 15.6. The molecule has 1 aromatic rings. The van der Waals surface area contributed by atoms with E-state index < -0.39 is 0 Å². The van der Waals surface area contributed by atoms with E-state index in [2.05, 4.69) is 0 Å². The van der Waals surface area contributed by atoms with Crippen LogP contribution in [0, 0.1) is 11.3 Å². The van der Waals surface area contributed by atoms with Crippen molar-refractivity contribution in [2.45, 2.75) is 18.8 Å². The monoisotopic (exact) mass is 159 g/mol. The Balaban J connectivity index is 2.40. The van der Waals surface area contributed by atoms with Crippen LogP contribution in [0.5, 0.6) is 5.75 Å². The minimum Gasteiger partial charge on any atom is -0.508 e. The van der Waals surface area contributed by atoms with Gasteiger partial charge in [-0.15, -0.1) is 0 Å². The summed E-state index contributed by atoms with van der Waals surface area (Å²) >= 11 is 0. The fourth-order valence-corrected chi connectivity index (χ4v) is 1.35. The lowest BCUT2D eigenvalue weighted by Gasteiger charge is -2.01. The first-order valence-corrected chi connectivity index (χ1v) is 4.04. The summed E-state index contributed by atoms with van der Waals surface area (Å²) in [5.41, 5.74) is 1.52. The summed E-state index contributed by atoms with van der Waals surface area (Å²) in [6.45, 7) is 0. The van der Waals surface area contributed by atoms with Gasteiger partial charge in [-0.3, -0.25) is 0 Å². The fourth-order valence-electron chi connectivity index (χ4n) is 1.35. The third-order valence-corrected chi connectivity index (χ3v) is 2.18. The van der Waals surface area contributed by atoms with Gasteiger partial charge in [0.25, 0.3) is 0 Å². The molecule has 0 atom stereocenters. The standard InChI is InChI=1S/C10H9NO/c11-6-7-1-4-9(8-2-3-8)10(12)5-7/h1,4-5,8,12H,2-3H2. The van der Waals surface area contributed by atoms with Gasteiger partial charge in [0, 0.05) is 0 Å². The van der Waals surface area contributed by atoms with Crippen LogP contribution in [0.2, 0.25) is 0 Å². The van der Waals surface area contributed by atoms with Crippen molar-refractivity contribution >= 4 is 0 Å². The zero-order valence-corrected chi connectivity index (χ0v) is 6.62. The second-order valence-corrected chi connectivity index (χ2v) is 3.16. The molecule has 0 spiro atoms. The fraction of sp³-hybridized carbons (Fsp3) is 0.300. The maximum Gasteiger partial charge on any atom is 0.120 e. The molecule has 60 valence electrons. The van der Waals surface area contributed by atoms with Gasteiger partial charge in [0.2, 0.25) is 0 Å². The Morgan fingerprint density at radius 3 is 2.67 bits per heavy atom. The average molecular weight is 159 g/mol. The van der Waals surface area contributed by atoms with Gasteiger partial charge in [-0.05, 0) is 36.5 Å². The average Bonchev–Trinajstić information content (AvgIpc) is 2.87. The van der Waals surface area contributed by atoms with Crippen molar-refractivity contribution in [3.05, 3.63) is 29.3 Å². The van der Waals surface area contributed by atoms with Gasteiger partial charge in [-0.1, -0.05) is 6.07 Å². The first kappa shape index (κ1) is 7.17. The lowest BCUT2D eigenvalue weighted by atomic mass is 10.1. The summed E-state index contributed by atoms with van der Waals surface area (Å²) < 4.78 is 0.